The maximum absolute atomic E-state index is 12.2. The molecule has 0 radical (unpaired) electrons. The van der Waals surface area contributed by atoms with Crippen molar-refractivity contribution in [3.05, 3.63) is 35.4 Å². The zero-order chi connectivity index (χ0) is 15.2. The van der Waals surface area contributed by atoms with Crippen LogP contribution in [0.25, 0.3) is 0 Å². The molecule has 0 saturated heterocycles. The number of carboxylic acid groups (broad SMARTS) is 1. The first kappa shape index (κ1) is 15.5. The molecule has 1 fully saturated rings. The van der Waals surface area contributed by atoms with Crippen molar-refractivity contribution in [3.63, 3.8) is 0 Å². The molecule has 2 rings (SSSR count). The molecule has 4 heteroatoms. The Balaban J connectivity index is 1.86. The Bertz CT molecular complexity index is 487. The fourth-order valence-corrected chi connectivity index (χ4v) is 2.86. The molecular formula is C17H23NO3. The molecule has 1 saturated carbocycles. The molecule has 0 aromatic heterocycles. The topological polar surface area (TPSA) is 66.4 Å². The van der Waals surface area contributed by atoms with Gasteiger partial charge in [-0.3, -0.25) is 9.59 Å². The fourth-order valence-electron chi connectivity index (χ4n) is 2.86. The summed E-state index contributed by atoms with van der Waals surface area (Å²) in [7, 11) is 0. The van der Waals surface area contributed by atoms with E-state index < -0.39 is 5.97 Å². The van der Waals surface area contributed by atoms with E-state index in [1.165, 1.54) is 5.56 Å². The lowest BCUT2D eigenvalue weighted by atomic mass is 9.86. The van der Waals surface area contributed by atoms with Gasteiger partial charge in [-0.2, -0.15) is 0 Å². The number of hydrogen-bond acceptors (Lipinski definition) is 2. The van der Waals surface area contributed by atoms with E-state index in [0.717, 1.165) is 25.7 Å². The van der Waals surface area contributed by atoms with Crippen molar-refractivity contribution in [2.75, 3.05) is 0 Å². The highest BCUT2D eigenvalue weighted by molar-refractivity contribution is 5.94. The van der Waals surface area contributed by atoms with Gasteiger partial charge in [0.25, 0.3) is 5.91 Å². The molecule has 1 aromatic carbocycles. The lowest BCUT2D eigenvalue weighted by Crippen LogP contribution is -2.38. The van der Waals surface area contributed by atoms with Gasteiger partial charge < -0.3 is 10.4 Å². The largest absolute Gasteiger partial charge is 0.481 e. The van der Waals surface area contributed by atoms with E-state index in [2.05, 4.69) is 12.2 Å². The maximum atomic E-state index is 12.2. The first-order valence-electron chi connectivity index (χ1n) is 7.72. The smallest absolute Gasteiger partial charge is 0.306 e. The molecule has 0 unspecified atom stereocenters. The van der Waals surface area contributed by atoms with Crippen LogP contribution in [0.3, 0.4) is 0 Å². The third-order valence-corrected chi connectivity index (χ3v) is 4.17. The predicted molar refractivity (Wildman–Crippen MR) is 81.3 cm³/mol. The normalized spacial score (nSPS) is 21.8. The van der Waals surface area contributed by atoms with E-state index in [0.29, 0.717) is 18.4 Å². The molecule has 1 aliphatic rings. The number of nitrogens with one attached hydrogen (secondary N) is 1. The number of rotatable bonds is 5. The van der Waals surface area contributed by atoms with E-state index in [4.69, 9.17) is 5.11 Å². The molecular weight excluding hydrogens is 266 g/mol. The number of benzene rings is 1. The van der Waals surface area contributed by atoms with Gasteiger partial charge >= 0.3 is 5.97 Å². The van der Waals surface area contributed by atoms with Crippen LogP contribution < -0.4 is 5.32 Å². The summed E-state index contributed by atoms with van der Waals surface area (Å²) in [6.07, 6.45) is 4.91. The van der Waals surface area contributed by atoms with Crippen LogP contribution in [0.2, 0.25) is 0 Å². The van der Waals surface area contributed by atoms with Crippen molar-refractivity contribution in [2.24, 2.45) is 5.92 Å². The lowest BCUT2D eigenvalue weighted by molar-refractivity contribution is -0.142. The van der Waals surface area contributed by atoms with Crippen LogP contribution >= 0.6 is 0 Å². The van der Waals surface area contributed by atoms with Gasteiger partial charge in [0.2, 0.25) is 0 Å². The van der Waals surface area contributed by atoms with Gasteiger partial charge in [-0.1, -0.05) is 25.5 Å². The Hall–Kier alpha value is -1.84. The first-order valence-corrected chi connectivity index (χ1v) is 7.72. The predicted octanol–water partition coefficient (Wildman–Crippen LogP) is 3.01. The second kappa shape index (κ2) is 7.25. The van der Waals surface area contributed by atoms with Gasteiger partial charge in [-0.25, -0.2) is 0 Å². The molecule has 0 spiro atoms. The molecule has 21 heavy (non-hydrogen) atoms. The minimum atomic E-state index is -0.716. The first-order chi connectivity index (χ1) is 10.1. The summed E-state index contributed by atoms with van der Waals surface area (Å²) in [6.45, 7) is 2.13. The van der Waals surface area contributed by atoms with Crippen LogP contribution in [0.1, 0.15) is 54.9 Å². The summed E-state index contributed by atoms with van der Waals surface area (Å²) in [4.78, 5) is 23.1. The van der Waals surface area contributed by atoms with E-state index in [1.54, 1.807) is 0 Å². The molecule has 1 aliphatic carbocycles. The standard InChI is InChI=1S/C17H23NO3/c1-2-3-12-4-6-13(7-5-12)16(19)18-15-10-8-14(9-11-15)17(20)21/h4-7,14-15H,2-3,8-11H2,1H3,(H,18,19)(H,20,21). The molecule has 114 valence electrons. The Morgan fingerprint density at radius 2 is 1.76 bits per heavy atom. The molecule has 1 aromatic rings. The van der Waals surface area contributed by atoms with Gasteiger partial charge in [0.15, 0.2) is 0 Å². The van der Waals surface area contributed by atoms with Crippen LogP contribution in [-0.4, -0.2) is 23.0 Å². The third kappa shape index (κ3) is 4.31. The van der Waals surface area contributed by atoms with E-state index >= 15 is 0 Å². The zero-order valence-corrected chi connectivity index (χ0v) is 12.5. The highest BCUT2D eigenvalue weighted by Gasteiger charge is 2.26. The second-order valence-electron chi connectivity index (χ2n) is 5.81. The summed E-state index contributed by atoms with van der Waals surface area (Å²) < 4.78 is 0. The highest BCUT2D eigenvalue weighted by Crippen LogP contribution is 2.24. The summed E-state index contributed by atoms with van der Waals surface area (Å²) in [6, 6.07) is 7.83. The molecule has 0 bridgehead atoms. The fraction of sp³-hybridized carbons (Fsp3) is 0.529. The van der Waals surface area contributed by atoms with Crippen LogP contribution in [0.15, 0.2) is 24.3 Å². The average molecular weight is 289 g/mol. The van der Waals surface area contributed by atoms with Gasteiger partial charge in [0.1, 0.15) is 0 Å². The Labute approximate surface area is 125 Å². The molecule has 0 heterocycles. The van der Waals surface area contributed by atoms with Gasteiger partial charge in [0, 0.05) is 11.6 Å². The number of carbonyl (C=O) groups excluding carboxylic acids is 1. The average Bonchev–Trinajstić information content (AvgIpc) is 2.49. The summed E-state index contributed by atoms with van der Waals surface area (Å²) in [5.74, 6) is -1.02. The Morgan fingerprint density at radius 1 is 1.14 bits per heavy atom. The Morgan fingerprint density at radius 3 is 2.29 bits per heavy atom. The minimum absolute atomic E-state index is 0.0585. The van der Waals surface area contributed by atoms with Crippen molar-refractivity contribution in [1.82, 2.24) is 5.32 Å². The SMILES string of the molecule is CCCc1ccc(C(=O)NC2CCC(C(=O)O)CC2)cc1. The number of aryl methyl sites for hydroxylation is 1. The van der Waals surface area contributed by atoms with Crippen molar-refractivity contribution in [3.8, 4) is 0 Å². The number of carbonyl (C=O) groups is 2. The van der Waals surface area contributed by atoms with E-state index in [1.807, 2.05) is 24.3 Å². The van der Waals surface area contributed by atoms with Crippen LogP contribution in [0, 0.1) is 5.92 Å². The molecule has 4 nitrogen and oxygen atoms in total. The third-order valence-electron chi connectivity index (χ3n) is 4.17. The summed E-state index contributed by atoms with van der Waals surface area (Å²) in [5.41, 5.74) is 1.92. The second-order valence-corrected chi connectivity index (χ2v) is 5.81. The maximum Gasteiger partial charge on any atom is 0.306 e. The van der Waals surface area contributed by atoms with Gasteiger partial charge in [-0.15, -0.1) is 0 Å². The number of hydrogen-bond donors (Lipinski definition) is 2. The summed E-state index contributed by atoms with van der Waals surface area (Å²) >= 11 is 0. The molecule has 2 N–H and O–H groups in total. The van der Waals surface area contributed by atoms with Gasteiger partial charge in [-0.05, 0) is 49.8 Å². The number of carboxylic acids is 1. The van der Waals surface area contributed by atoms with Crippen molar-refractivity contribution < 1.29 is 14.7 Å². The van der Waals surface area contributed by atoms with E-state index in [-0.39, 0.29) is 17.9 Å². The van der Waals surface area contributed by atoms with Crippen molar-refractivity contribution in [2.45, 2.75) is 51.5 Å². The highest BCUT2D eigenvalue weighted by atomic mass is 16.4. The van der Waals surface area contributed by atoms with Crippen LogP contribution in [0.5, 0.6) is 0 Å². The number of aliphatic carboxylic acids is 1. The molecule has 0 aliphatic heterocycles. The zero-order valence-electron chi connectivity index (χ0n) is 12.5. The van der Waals surface area contributed by atoms with Crippen molar-refractivity contribution >= 4 is 11.9 Å². The molecule has 1 amide bonds. The van der Waals surface area contributed by atoms with Gasteiger partial charge in [0.05, 0.1) is 5.92 Å². The lowest BCUT2D eigenvalue weighted by Gasteiger charge is -2.26. The summed E-state index contributed by atoms with van der Waals surface area (Å²) in [5, 5.41) is 12.0. The van der Waals surface area contributed by atoms with E-state index in [9.17, 15) is 9.59 Å². The quantitative estimate of drug-likeness (QED) is 0.875. The van der Waals surface area contributed by atoms with Crippen molar-refractivity contribution in [1.29, 1.82) is 0 Å². The van der Waals surface area contributed by atoms with Crippen LogP contribution in [0.4, 0.5) is 0 Å². The Kier molecular flexibility index (Phi) is 5.37. The molecule has 0 atom stereocenters. The van der Waals surface area contributed by atoms with Crippen LogP contribution in [-0.2, 0) is 11.2 Å². The minimum Gasteiger partial charge on any atom is -0.481 e. The number of amides is 1. The monoisotopic (exact) mass is 289 g/mol.